The molecule has 1 saturated heterocycles. The van der Waals surface area contributed by atoms with Crippen LogP contribution in [-0.2, 0) is 13.0 Å². The summed E-state index contributed by atoms with van der Waals surface area (Å²) in [5.41, 5.74) is 9.55. The highest BCUT2D eigenvalue weighted by atomic mass is 16.3. The van der Waals surface area contributed by atoms with E-state index in [1.807, 2.05) is 0 Å². The molecular formula is C33H41N5O. The van der Waals surface area contributed by atoms with Gasteiger partial charge in [-0.1, -0.05) is 52.0 Å². The summed E-state index contributed by atoms with van der Waals surface area (Å²) >= 11 is 0. The number of aliphatic hydroxyl groups excluding tert-OH is 1. The fourth-order valence-electron chi connectivity index (χ4n) is 6.38. The van der Waals surface area contributed by atoms with E-state index in [0.29, 0.717) is 5.92 Å². The van der Waals surface area contributed by atoms with Crippen LogP contribution in [0.2, 0.25) is 0 Å². The van der Waals surface area contributed by atoms with Crippen LogP contribution in [0.5, 0.6) is 0 Å². The Kier molecular flexibility index (Phi) is 6.41. The Morgan fingerprint density at radius 3 is 2.62 bits per heavy atom. The van der Waals surface area contributed by atoms with Crippen molar-refractivity contribution in [2.75, 3.05) is 29.4 Å². The first-order valence-electron chi connectivity index (χ1n) is 14.4. The average Bonchev–Trinajstić information content (AvgIpc) is 3.30. The van der Waals surface area contributed by atoms with Crippen LogP contribution < -0.4 is 9.80 Å². The SMILES string of the molecule is Cc1ccc(C(C)C)cc1N1CCc2nc(-c3cccc4[nH]cc(C)c34)nc(N3CC[C@H](O)C(C)(C)C3)c2C1. The lowest BCUT2D eigenvalue weighted by Gasteiger charge is -2.44. The maximum Gasteiger partial charge on any atom is 0.162 e. The summed E-state index contributed by atoms with van der Waals surface area (Å²) in [6.45, 7) is 16.5. The Morgan fingerprint density at radius 2 is 1.85 bits per heavy atom. The van der Waals surface area contributed by atoms with Crippen LogP contribution in [-0.4, -0.2) is 45.8 Å². The van der Waals surface area contributed by atoms with Gasteiger partial charge in [0.05, 0.1) is 11.8 Å². The van der Waals surface area contributed by atoms with Gasteiger partial charge in [0.1, 0.15) is 5.82 Å². The molecule has 4 aromatic rings. The van der Waals surface area contributed by atoms with Gasteiger partial charge in [-0.3, -0.25) is 0 Å². The quantitative estimate of drug-likeness (QED) is 0.319. The summed E-state index contributed by atoms with van der Waals surface area (Å²) in [5, 5.41) is 11.9. The number of piperidine rings is 1. The summed E-state index contributed by atoms with van der Waals surface area (Å²) in [7, 11) is 0. The van der Waals surface area contributed by atoms with Gasteiger partial charge in [-0.2, -0.15) is 0 Å². The van der Waals surface area contributed by atoms with Gasteiger partial charge in [-0.25, -0.2) is 9.97 Å². The van der Waals surface area contributed by atoms with E-state index in [2.05, 4.69) is 98.9 Å². The lowest BCUT2D eigenvalue weighted by atomic mass is 9.81. The van der Waals surface area contributed by atoms with Crippen LogP contribution in [0.25, 0.3) is 22.3 Å². The van der Waals surface area contributed by atoms with Gasteiger partial charge >= 0.3 is 0 Å². The van der Waals surface area contributed by atoms with Crippen LogP contribution in [0.1, 0.15) is 68.0 Å². The topological polar surface area (TPSA) is 68.3 Å². The molecule has 6 rings (SSSR count). The number of aliphatic hydroxyl groups is 1. The number of hydrogen-bond acceptors (Lipinski definition) is 5. The first kappa shape index (κ1) is 25.9. The van der Waals surface area contributed by atoms with Gasteiger partial charge in [-0.05, 0) is 55.0 Å². The molecule has 2 aliphatic rings. The second kappa shape index (κ2) is 9.67. The monoisotopic (exact) mass is 523 g/mol. The van der Waals surface area contributed by atoms with E-state index in [-0.39, 0.29) is 11.5 Å². The highest BCUT2D eigenvalue weighted by Crippen LogP contribution is 2.39. The molecular weight excluding hydrogens is 482 g/mol. The van der Waals surface area contributed by atoms with Gasteiger partial charge in [0.25, 0.3) is 0 Å². The van der Waals surface area contributed by atoms with E-state index in [4.69, 9.17) is 9.97 Å². The highest BCUT2D eigenvalue weighted by Gasteiger charge is 2.37. The molecule has 4 heterocycles. The van der Waals surface area contributed by atoms with Crippen LogP contribution in [0.15, 0.2) is 42.6 Å². The van der Waals surface area contributed by atoms with E-state index in [9.17, 15) is 5.11 Å². The Balaban J connectivity index is 1.48. The molecule has 0 saturated carbocycles. The largest absolute Gasteiger partial charge is 0.392 e. The third-order valence-electron chi connectivity index (χ3n) is 8.90. The number of fused-ring (bicyclic) bond motifs is 2. The summed E-state index contributed by atoms with van der Waals surface area (Å²) in [6.07, 6.45) is 3.38. The van der Waals surface area contributed by atoms with Crippen molar-refractivity contribution in [1.29, 1.82) is 0 Å². The maximum absolute atomic E-state index is 10.7. The van der Waals surface area contributed by atoms with Crippen molar-refractivity contribution in [1.82, 2.24) is 15.0 Å². The highest BCUT2D eigenvalue weighted by molar-refractivity contribution is 5.96. The maximum atomic E-state index is 10.7. The van der Waals surface area contributed by atoms with Crippen molar-refractivity contribution in [3.05, 3.63) is 70.5 Å². The van der Waals surface area contributed by atoms with Crippen LogP contribution >= 0.6 is 0 Å². The Bertz CT molecular complexity index is 1530. The number of anilines is 2. The minimum Gasteiger partial charge on any atom is -0.392 e. The lowest BCUT2D eigenvalue weighted by molar-refractivity contribution is 0.0333. The molecule has 1 fully saturated rings. The number of hydrogen-bond donors (Lipinski definition) is 2. The molecule has 0 bridgehead atoms. The van der Waals surface area contributed by atoms with E-state index in [1.165, 1.54) is 33.3 Å². The van der Waals surface area contributed by atoms with Gasteiger partial charge in [0.15, 0.2) is 5.82 Å². The summed E-state index contributed by atoms with van der Waals surface area (Å²) in [4.78, 5) is 18.9. The average molecular weight is 524 g/mol. The van der Waals surface area contributed by atoms with E-state index in [1.54, 1.807) is 0 Å². The fraction of sp³-hybridized carbons (Fsp3) is 0.455. The number of nitrogens with zero attached hydrogens (tertiary/aromatic N) is 4. The van der Waals surface area contributed by atoms with Gasteiger partial charge in [-0.15, -0.1) is 0 Å². The minimum atomic E-state index is -0.306. The first-order valence-corrected chi connectivity index (χ1v) is 14.4. The molecule has 2 aromatic heterocycles. The molecule has 0 spiro atoms. The molecule has 204 valence electrons. The molecule has 0 aliphatic carbocycles. The van der Waals surface area contributed by atoms with Crippen LogP contribution in [0.4, 0.5) is 11.5 Å². The number of rotatable bonds is 4. The molecule has 2 aliphatic heterocycles. The summed E-state index contributed by atoms with van der Waals surface area (Å²) < 4.78 is 0. The minimum absolute atomic E-state index is 0.204. The number of nitrogens with one attached hydrogen (secondary N) is 1. The Morgan fingerprint density at radius 1 is 1.03 bits per heavy atom. The number of aryl methyl sites for hydroxylation is 2. The van der Waals surface area contributed by atoms with Crippen molar-refractivity contribution >= 4 is 22.4 Å². The van der Waals surface area contributed by atoms with Gasteiger partial charge in [0, 0.05) is 71.9 Å². The molecule has 6 nitrogen and oxygen atoms in total. The zero-order chi connectivity index (χ0) is 27.5. The Labute approximate surface area is 232 Å². The first-order chi connectivity index (χ1) is 18.6. The van der Waals surface area contributed by atoms with Crippen molar-refractivity contribution in [3.63, 3.8) is 0 Å². The predicted molar refractivity (Wildman–Crippen MR) is 161 cm³/mol. The molecule has 0 amide bonds. The number of H-pyrrole nitrogens is 1. The summed E-state index contributed by atoms with van der Waals surface area (Å²) in [6, 6.07) is 13.2. The normalized spacial score (nSPS) is 19.1. The summed E-state index contributed by atoms with van der Waals surface area (Å²) in [5.74, 6) is 2.32. The van der Waals surface area contributed by atoms with E-state index < -0.39 is 0 Å². The zero-order valence-corrected chi connectivity index (χ0v) is 24.2. The second-order valence-electron chi connectivity index (χ2n) is 12.6. The molecule has 2 aromatic carbocycles. The molecule has 39 heavy (non-hydrogen) atoms. The smallest absolute Gasteiger partial charge is 0.162 e. The fourth-order valence-corrected chi connectivity index (χ4v) is 6.38. The van der Waals surface area contributed by atoms with Crippen LogP contribution in [0, 0.1) is 19.3 Å². The van der Waals surface area contributed by atoms with Crippen molar-refractivity contribution in [2.45, 2.75) is 73.0 Å². The molecule has 0 radical (unpaired) electrons. The molecule has 1 atom stereocenters. The van der Waals surface area contributed by atoms with Crippen LogP contribution in [0.3, 0.4) is 0 Å². The van der Waals surface area contributed by atoms with Crippen molar-refractivity contribution in [3.8, 4) is 11.4 Å². The molecule has 2 N–H and O–H groups in total. The van der Waals surface area contributed by atoms with Gasteiger partial charge < -0.3 is 19.9 Å². The van der Waals surface area contributed by atoms with E-state index in [0.717, 1.165) is 67.4 Å². The van der Waals surface area contributed by atoms with E-state index >= 15 is 0 Å². The van der Waals surface area contributed by atoms with Gasteiger partial charge in [0.2, 0.25) is 0 Å². The second-order valence-corrected chi connectivity index (χ2v) is 12.6. The predicted octanol–water partition coefficient (Wildman–Crippen LogP) is 6.53. The Hall–Kier alpha value is -3.38. The number of benzene rings is 2. The van der Waals surface area contributed by atoms with Crippen molar-refractivity contribution < 1.29 is 5.11 Å². The standard InChI is InChI=1S/C33H41N5O/c1-20(2)23-11-10-21(3)28(16-23)37-14-12-26-25(18-37)32(38-15-13-29(39)33(5,6)19-38)36-31(35-26)24-8-7-9-27-30(24)22(4)17-34-27/h7-11,16-17,20,29,34,39H,12-15,18-19H2,1-6H3/t29-/m0/s1. The molecule has 6 heteroatoms. The third kappa shape index (κ3) is 4.59. The zero-order valence-electron chi connectivity index (χ0n) is 24.2. The lowest BCUT2D eigenvalue weighted by Crippen LogP contribution is -2.49. The molecule has 0 unspecified atom stereocenters. The number of aromatic amines is 1. The van der Waals surface area contributed by atoms with Crippen molar-refractivity contribution in [2.24, 2.45) is 5.41 Å². The number of aromatic nitrogens is 3. The third-order valence-corrected chi connectivity index (χ3v) is 8.90.